The van der Waals surface area contributed by atoms with Crippen LogP contribution in [0, 0.1) is 0 Å². The zero-order valence-electron chi connectivity index (χ0n) is 33.0. The van der Waals surface area contributed by atoms with Crippen LogP contribution in [-0.2, 0) is 18.3 Å². The highest BCUT2D eigenvalue weighted by molar-refractivity contribution is 5.88. The van der Waals surface area contributed by atoms with E-state index in [2.05, 4.69) is 231 Å². The largest absolute Gasteiger partial charge is 0.0751 e. The standard InChI is InChI=1S/C59H44/c1-5-15-41(16-6-1)35-43-25-31-53-54-32-26-44(36-42-17-7-2-8-18-42)38-56(54)58(55(53)37-43)59(50-21-9-3-10-22-50,51-23-11-4-12-24-51)57-34-30-49-40-48(29-33-52(49)57)47-28-27-45-19-13-14-20-46(45)39-47/h1-34,37-40,57-58H,35-36H2. The minimum Gasteiger partial charge on any atom is -0.0751 e. The summed E-state index contributed by atoms with van der Waals surface area (Å²) in [7, 11) is 0. The third kappa shape index (κ3) is 6.15. The van der Waals surface area contributed by atoms with E-state index in [1.165, 1.54) is 88.7 Å². The van der Waals surface area contributed by atoms with Crippen molar-refractivity contribution in [3.05, 3.63) is 280 Å². The van der Waals surface area contributed by atoms with Crippen molar-refractivity contribution in [3.63, 3.8) is 0 Å². The molecule has 2 aliphatic rings. The number of hydrogen-bond acceptors (Lipinski definition) is 0. The summed E-state index contributed by atoms with van der Waals surface area (Å²) in [5.74, 6) is 0.0943. The predicted molar refractivity (Wildman–Crippen MR) is 247 cm³/mol. The van der Waals surface area contributed by atoms with Crippen LogP contribution in [-0.4, -0.2) is 0 Å². The zero-order valence-corrected chi connectivity index (χ0v) is 33.0. The van der Waals surface area contributed by atoms with E-state index in [1.807, 2.05) is 0 Å². The lowest BCUT2D eigenvalue weighted by molar-refractivity contribution is 0.416. The summed E-state index contributed by atoms with van der Waals surface area (Å²) in [5, 5.41) is 2.53. The van der Waals surface area contributed by atoms with Gasteiger partial charge in [-0.25, -0.2) is 0 Å². The van der Waals surface area contributed by atoms with Gasteiger partial charge < -0.3 is 0 Å². The third-order valence-corrected chi connectivity index (χ3v) is 13.1. The maximum Gasteiger partial charge on any atom is 0.0415 e. The van der Waals surface area contributed by atoms with Crippen LogP contribution >= 0.6 is 0 Å². The van der Waals surface area contributed by atoms with Crippen LogP contribution in [0.1, 0.15) is 67.5 Å². The van der Waals surface area contributed by atoms with Gasteiger partial charge in [0.1, 0.15) is 0 Å². The number of allylic oxidation sites excluding steroid dienone is 1. The molecule has 0 saturated heterocycles. The minimum atomic E-state index is -0.481. The average molecular weight is 753 g/mol. The molecule has 9 aromatic carbocycles. The molecule has 0 bridgehead atoms. The average Bonchev–Trinajstić information content (AvgIpc) is 3.87. The lowest BCUT2D eigenvalue weighted by atomic mass is 9.55. The normalized spacial score (nSPS) is 14.3. The van der Waals surface area contributed by atoms with E-state index in [1.54, 1.807) is 0 Å². The van der Waals surface area contributed by atoms with Crippen molar-refractivity contribution in [1.29, 1.82) is 0 Å². The molecular weight excluding hydrogens is 709 g/mol. The lowest BCUT2D eigenvalue weighted by Gasteiger charge is -2.46. The monoisotopic (exact) mass is 752 g/mol. The Bertz CT molecular complexity index is 2850. The Morgan fingerprint density at radius 2 is 0.847 bits per heavy atom. The summed E-state index contributed by atoms with van der Waals surface area (Å²) in [4.78, 5) is 0. The van der Waals surface area contributed by atoms with Crippen molar-refractivity contribution < 1.29 is 0 Å². The Morgan fingerprint density at radius 1 is 0.356 bits per heavy atom. The molecule has 0 nitrogen and oxygen atoms in total. The van der Waals surface area contributed by atoms with Crippen molar-refractivity contribution in [1.82, 2.24) is 0 Å². The van der Waals surface area contributed by atoms with E-state index in [9.17, 15) is 0 Å². The van der Waals surface area contributed by atoms with Crippen LogP contribution < -0.4 is 0 Å². The molecule has 0 radical (unpaired) electrons. The molecule has 2 aliphatic carbocycles. The SMILES string of the molecule is C1=CC(C(c2ccccc2)(c2ccccc2)C2c3cc(Cc4ccccc4)ccc3-c3ccc(Cc4ccccc4)cc32)c2ccc(-c3ccc4ccccc4c3)cc21. The molecule has 0 amide bonds. The maximum absolute atomic E-state index is 2.55. The molecule has 0 fully saturated rings. The van der Waals surface area contributed by atoms with E-state index in [0.717, 1.165) is 12.8 Å². The van der Waals surface area contributed by atoms with Gasteiger partial charge in [0.15, 0.2) is 0 Å². The Morgan fingerprint density at radius 3 is 1.42 bits per heavy atom. The zero-order chi connectivity index (χ0) is 39.2. The molecule has 0 spiro atoms. The minimum absolute atomic E-state index is 0.0320. The second-order valence-electron chi connectivity index (χ2n) is 16.4. The van der Waals surface area contributed by atoms with Gasteiger partial charge in [-0.15, -0.1) is 0 Å². The van der Waals surface area contributed by atoms with Crippen molar-refractivity contribution in [3.8, 4) is 22.3 Å². The molecule has 0 saturated carbocycles. The van der Waals surface area contributed by atoms with Gasteiger partial charge in [0.2, 0.25) is 0 Å². The molecule has 0 aliphatic heterocycles. The van der Waals surface area contributed by atoms with Crippen LogP contribution in [0.4, 0.5) is 0 Å². The topological polar surface area (TPSA) is 0 Å². The lowest BCUT2D eigenvalue weighted by Crippen LogP contribution is -2.40. The first-order valence-corrected chi connectivity index (χ1v) is 21.0. The van der Waals surface area contributed by atoms with Gasteiger partial charge in [-0.1, -0.05) is 218 Å². The van der Waals surface area contributed by atoms with Crippen LogP contribution in [0.25, 0.3) is 39.1 Å². The number of benzene rings is 9. The van der Waals surface area contributed by atoms with Crippen LogP contribution in [0.5, 0.6) is 0 Å². The number of rotatable bonds is 9. The first kappa shape index (κ1) is 35.2. The molecule has 0 N–H and O–H groups in total. The van der Waals surface area contributed by atoms with Gasteiger partial charge in [0, 0.05) is 17.3 Å². The molecule has 0 heterocycles. The second-order valence-corrected chi connectivity index (χ2v) is 16.4. The van der Waals surface area contributed by atoms with Crippen LogP contribution in [0.15, 0.2) is 224 Å². The summed E-state index contributed by atoms with van der Waals surface area (Å²) in [6.45, 7) is 0. The molecule has 0 heteroatoms. The molecule has 1 unspecified atom stereocenters. The fourth-order valence-electron chi connectivity index (χ4n) is 10.5. The highest BCUT2D eigenvalue weighted by atomic mass is 14.5. The Labute approximate surface area is 347 Å². The molecule has 9 aromatic rings. The predicted octanol–water partition coefficient (Wildman–Crippen LogP) is 14.6. The number of fused-ring (bicyclic) bond motifs is 5. The molecule has 280 valence electrons. The van der Waals surface area contributed by atoms with Crippen molar-refractivity contribution in [2.24, 2.45) is 0 Å². The van der Waals surface area contributed by atoms with Gasteiger partial charge in [-0.3, -0.25) is 0 Å². The summed E-state index contributed by atoms with van der Waals surface area (Å²) in [5.41, 5.74) is 18.2. The van der Waals surface area contributed by atoms with E-state index in [-0.39, 0.29) is 11.8 Å². The molecule has 0 aromatic heterocycles. The van der Waals surface area contributed by atoms with E-state index < -0.39 is 5.41 Å². The molecule has 59 heavy (non-hydrogen) atoms. The Hall–Kier alpha value is -7.02. The third-order valence-electron chi connectivity index (χ3n) is 13.1. The number of hydrogen-bond donors (Lipinski definition) is 0. The van der Waals surface area contributed by atoms with Crippen molar-refractivity contribution >= 4 is 16.8 Å². The first-order chi connectivity index (χ1) is 29.2. The van der Waals surface area contributed by atoms with Crippen molar-refractivity contribution in [2.75, 3.05) is 0 Å². The summed E-state index contributed by atoms with van der Waals surface area (Å²) in [6.07, 6.45) is 6.71. The Kier molecular flexibility index (Phi) is 8.78. The molecule has 11 rings (SSSR count). The van der Waals surface area contributed by atoms with E-state index in [0.29, 0.717) is 0 Å². The molecule has 1 atom stereocenters. The Balaban J connectivity index is 1.14. The van der Waals surface area contributed by atoms with Gasteiger partial charge in [0.25, 0.3) is 0 Å². The second kappa shape index (κ2) is 14.7. The summed E-state index contributed by atoms with van der Waals surface area (Å²) < 4.78 is 0. The summed E-state index contributed by atoms with van der Waals surface area (Å²) >= 11 is 0. The molecular formula is C59H44. The van der Waals surface area contributed by atoms with Gasteiger partial charge >= 0.3 is 0 Å². The fourth-order valence-corrected chi connectivity index (χ4v) is 10.5. The maximum atomic E-state index is 2.55. The van der Waals surface area contributed by atoms with Gasteiger partial charge in [0.05, 0.1) is 0 Å². The van der Waals surface area contributed by atoms with E-state index in [4.69, 9.17) is 0 Å². The quantitative estimate of drug-likeness (QED) is 0.138. The van der Waals surface area contributed by atoms with Gasteiger partial charge in [-0.2, -0.15) is 0 Å². The van der Waals surface area contributed by atoms with Gasteiger partial charge in [-0.05, 0) is 114 Å². The van der Waals surface area contributed by atoms with Crippen LogP contribution in [0.2, 0.25) is 0 Å². The summed E-state index contributed by atoms with van der Waals surface area (Å²) in [6, 6.07) is 82.0. The highest BCUT2D eigenvalue weighted by Gasteiger charge is 2.53. The van der Waals surface area contributed by atoms with Crippen LogP contribution in [0.3, 0.4) is 0 Å². The van der Waals surface area contributed by atoms with Crippen molar-refractivity contribution in [2.45, 2.75) is 30.1 Å². The fraction of sp³-hybridized carbons (Fsp3) is 0.0847. The first-order valence-electron chi connectivity index (χ1n) is 21.0. The van der Waals surface area contributed by atoms with E-state index >= 15 is 0 Å². The smallest absolute Gasteiger partial charge is 0.0415 e. The highest BCUT2D eigenvalue weighted by Crippen LogP contribution is 2.63.